The molecule has 3 unspecified atom stereocenters. The predicted octanol–water partition coefficient (Wildman–Crippen LogP) is 3.01. The highest BCUT2D eigenvalue weighted by Crippen LogP contribution is 2.22. The van der Waals surface area contributed by atoms with E-state index in [1.165, 1.54) is 12.1 Å². The van der Waals surface area contributed by atoms with E-state index < -0.39 is 0 Å². The lowest BCUT2D eigenvalue weighted by Gasteiger charge is -2.24. The number of amides is 1. The molecule has 1 aromatic carbocycles. The van der Waals surface area contributed by atoms with Gasteiger partial charge >= 0.3 is 0 Å². The molecule has 1 fully saturated rings. The maximum atomic E-state index is 12.9. The summed E-state index contributed by atoms with van der Waals surface area (Å²) < 4.78 is 12.9. The van der Waals surface area contributed by atoms with E-state index in [1.807, 2.05) is 24.0 Å². The van der Waals surface area contributed by atoms with Crippen LogP contribution < -0.4 is 5.73 Å². The minimum Gasteiger partial charge on any atom is -0.341 e. The van der Waals surface area contributed by atoms with Crippen molar-refractivity contribution in [3.05, 3.63) is 35.6 Å². The SMILES string of the molecule is CCC(C)C(N)C(=O)N1CCC(Cc2ccc(F)cc2)C1.Cl. The molecule has 0 bridgehead atoms. The van der Waals surface area contributed by atoms with Crippen molar-refractivity contribution in [1.29, 1.82) is 0 Å². The fourth-order valence-corrected chi connectivity index (χ4v) is 2.86. The summed E-state index contributed by atoms with van der Waals surface area (Å²) in [6, 6.07) is 6.24. The summed E-state index contributed by atoms with van der Waals surface area (Å²) in [7, 11) is 0. The Kier molecular flexibility index (Phi) is 7.30. The zero-order valence-electron chi connectivity index (χ0n) is 13.3. The lowest BCUT2D eigenvalue weighted by atomic mass is 9.98. The smallest absolute Gasteiger partial charge is 0.239 e. The van der Waals surface area contributed by atoms with Gasteiger partial charge in [-0.3, -0.25) is 4.79 Å². The van der Waals surface area contributed by atoms with Gasteiger partial charge in [0.25, 0.3) is 0 Å². The van der Waals surface area contributed by atoms with Gasteiger partial charge in [0.2, 0.25) is 5.91 Å². The number of carbonyl (C=O) groups excluding carboxylic acids is 1. The first-order valence-electron chi connectivity index (χ1n) is 7.80. The molecule has 3 atom stereocenters. The molecule has 124 valence electrons. The molecule has 1 heterocycles. The Balaban J connectivity index is 0.00000242. The van der Waals surface area contributed by atoms with Crippen LogP contribution in [0.1, 0.15) is 32.3 Å². The summed E-state index contributed by atoms with van der Waals surface area (Å²) in [5.41, 5.74) is 7.16. The molecule has 2 N–H and O–H groups in total. The maximum Gasteiger partial charge on any atom is 0.239 e. The summed E-state index contributed by atoms with van der Waals surface area (Å²) in [6.07, 6.45) is 2.80. The normalized spacial score (nSPS) is 20.4. The Morgan fingerprint density at radius 2 is 2.05 bits per heavy atom. The van der Waals surface area contributed by atoms with E-state index in [0.29, 0.717) is 5.92 Å². The van der Waals surface area contributed by atoms with Gasteiger partial charge in [-0.25, -0.2) is 4.39 Å². The van der Waals surface area contributed by atoms with E-state index in [0.717, 1.165) is 37.9 Å². The minimum absolute atomic E-state index is 0. The third-order valence-electron chi connectivity index (χ3n) is 4.58. The topological polar surface area (TPSA) is 46.3 Å². The Morgan fingerprint density at radius 1 is 1.41 bits per heavy atom. The molecule has 22 heavy (non-hydrogen) atoms. The molecule has 1 amide bonds. The number of hydrogen-bond donors (Lipinski definition) is 1. The molecule has 0 radical (unpaired) electrons. The van der Waals surface area contributed by atoms with Crippen LogP contribution in [0.5, 0.6) is 0 Å². The molecule has 5 heteroatoms. The highest BCUT2D eigenvalue weighted by Gasteiger charge is 2.31. The van der Waals surface area contributed by atoms with Crippen molar-refractivity contribution in [3.8, 4) is 0 Å². The zero-order chi connectivity index (χ0) is 15.4. The average molecular weight is 329 g/mol. The van der Waals surface area contributed by atoms with Crippen LogP contribution in [0.15, 0.2) is 24.3 Å². The van der Waals surface area contributed by atoms with Gasteiger partial charge in [0.05, 0.1) is 6.04 Å². The number of hydrogen-bond acceptors (Lipinski definition) is 2. The van der Waals surface area contributed by atoms with E-state index in [-0.39, 0.29) is 36.1 Å². The number of benzene rings is 1. The van der Waals surface area contributed by atoms with Crippen LogP contribution in [0.25, 0.3) is 0 Å². The van der Waals surface area contributed by atoms with Crippen molar-refractivity contribution in [2.24, 2.45) is 17.6 Å². The molecule has 0 aromatic heterocycles. The summed E-state index contributed by atoms with van der Waals surface area (Å²) in [5.74, 6) is 0.532. The highest BCUT2D eigenvalue weighted by atomic mass is 35.5. The number of nitrogens with two attached hydrogens (primary N) is 1. The van der Waals surface area contributed by atoms with Crippen molar-refractivity contribution in [1.82, 2.24) is 4.90 Å². The van der Waals surface area contributed by atoms with Gasteiger partial charge in [-0.1, -0.05) is 32.4 Å². The first kappa shape index (κ1) is 18.9. The fourth-order valence-electron chi connectivity index (χ4n) is 2.86. The van der Waals surface area contributed by atoms with Crippen LogP contribution in [0.3, 0.4) is 0 Å². The second-order valence-electron chi connectivity index (χ2n) is 6.18. The minimum atomic E-state index is -0.389. The fraction of sp³-hybridized carbons (Fsp3) is 0.588. The third kappa shape index (κ3) is 4.68. The molecule has 2 rings (SSSR count). The van der Waals surface area contributed by atoms with Crippen LogP contribution in [0.2, 0.25) is 0 Å². The molecule has 0 aliphatic carbocycles. The van der Waals surface area contributed by atoms with E-state index in [1.54, 1.807) is 0 Å². The molecule has 0 saturated carbocycles. The first-order valence-corrected chi connectivity index (χ1v) is 7.80. The summed E-state index contributed by atoms with van der Waals surface area (Å²) in [5, 5.41) is 0. The number of likely N-dealkylation sites (tertiary alicyclic amines) is 1. The lowest BCUT2D eigenvalue weighted by molar-refractivity contribution is -0.132. The van der Waals surface area contributed by atoms with Crippen molar-refractivity contribution >= 4 is 18.3 Å². The van der Waals surface area contributed by atoms with Crippen LogP contribution in [-0.2, 0) is 11.2 Å². The summed E-state index contributed by atoms with van der Waals surface area (Å²) >= 11 is 0. The number of nitrogens with zero attached hydrogens (tertiary/aromatic N) is 1. The number of halogens is 2. The van der Waals surface area contributed by atoms with Crippen molar-refractivity contribution in [3.63, 3.8) is 0 Å². The van der Waals surface area contributed by atoms with E-state index >= 15 is 0 Å². The van der Waals surface area contributed by atoms with Crippen LogP contribution in [0, 0.1) is 17.7 Å². The van der Waals surface area contributed by atoms with Gasteiger partial charge < -0.3 is 10.6 Å². The zero-order valence-corrected chi connectivity index (χ0v) is 14.1. The van der Waals surface area contributed by atoms with Crippen LogP contribution >= 0.6 is 12.4 Å². The van der Waals surface area contributed by atoms with Gasteiger partial charge in [0, 0.05) is 13.1 Å². The van der Waals surface area contributed by atoms with Gasteiger partial charge in [-0.05, 0) is 42.4 Å². The summed E-state index contributed by atoms with van der Waals surface area (Å²) in [6.45, 7) is 5.63. The molecule has 1 aliphatic rings. The molecular formula is C17H26ClFN2O. The van der Waals surface area contributed by atoms with E-state index in [2.05, 4.69) is 6.92 Å². The third-order valence-corrected chi connectivity index (χ3v) is 4.58. The van der Waals surface area contributed by atoms with Gasteiger partial charge in [0.1, 0.15) is 5.82 Å². The highest BCUT2D eigenvalue weighted by molar-refractivity contribution is 5.85. The van der Waals surface area contributed by atoms with Crippen LogP contribution in [0.4, 0.5) is 4.39 Å². The lowest BCUT2D eigenvalue weighted by Crippen LogP contribution is -2.46. The van der Waals surface area contributed by atoms with Gasteiger partial charge in [-0.15, -0.1) is 12.4 Å². The quantitative estimate of drug-likeness (QED) is 0.903. The molecular weight excluding hydrogens is 303 g/mol. The molecule has 1 aliphatic heterocycles. The molecule has 1 aromatic rings. The number of rotatable bonds is 5. The Morgan fingerprint density at radius 3 is 2.64 bits per heavy atom. The predicted molar refractivity (Wildman–Crippen MR) is 89.5 cm³/mol. The Hall–Kier alpha value is -1.13. The Bertz CT molecular complexity index is 480. The monoisotopic (exact) mass is 328 g/mol. The van der Waals surface area contributed by atoms with Gasteiger partial charge in [0.15, 0.2) is 0 Å². The molecule has 3 nitrogen and oxygen atoms in total. The van der Waals surface area contributed by atoms with Crippen molar-refractivity contribution in [2.75, 3.05) is 13.1 Å². The maximum absolute atomic E-state index is 12.9. The molecule has 1 saturated heterocycles. The van der Waals surface area contributed by atoms with Crippen molar-refractivity contribution in [2.45, 2.75) is 39.2 Å². The van der Waals surface area contributed by atoms with E-state index in [9.17, 15) is 9.18 Å². The first-order chi connectivity index (χ1) is 10.0. The summed E-state index contributed by atoms with van der Waals surface area (Å²) in [4.78, 5) is 14.2. The second-order valence-corrected chi connectivity index (χ2v) is 6.18. The molecule has 0 spiro atoms. The van der Waals surface area contributed by atoms with Crippen molar-refractivity contribution < 1.29 is 9.18 Å². The largest absolute Gasteiger partial charge is 0.341 e. The Labute approximate surface area is 138 Å². The van der Waals surface area contributed by atoms with E-state index in [4.69, 9.17) is 5.73 Å². The van der Waals surface area contributed by atoms with Gasteiger partial charge in [-0.2, -0.15) is 0 Å². The average Bonchev–Trinajstić information content (AvgIpc) is 2.95. The number of carbonyl (C=O) groups is 1. The standard InChI is InChI=1S/C17H25FN2O.ClH/c1-3-12(2)16(19)17(21)20-9-8-14(11-20)10-13-4-6-15(18)7-5-13;/h4-7,12,14,16H,3,8-11,19H2,1-2H3;1H. The van der Waals surface area contributed by atoms with Crippen LogP contribution in [-0.4, -0.2) is 29.9 Å². The second kappa shape index (κ2) is 8.49.